The molecule has 6 heteroatoms. The molecule has 0 aliphatic carbocycles. The molecule has 0 atom stereocenters. The molecule has 0 spiro atoms. The van der Waals surface area contributed by atoms with Gasteiger partial charge in [0, 0.05) is 11.9 Å². The first-order valence-corrected chi connectivity index (χ1v) is 7.08. The molecule has 0 bridgehead atoms. The summed E-state index contributed by atoms with van der Waals surface area (Å²) in [5.74, 6) is -0.116. The van der Waals surface area contributed by atoms with Crippen molar-refractivity contribution in [3.63, 3.8) is 0 Å². The summed E-state index contributed by atoms with van der Waals surface area (Å²) in [6, 6.07) is 8.27. The molecule has 0 aliphatic heterocycles. The minimum absolute atomic E-state index is 0.160. The van der Waals surface area contributed by atoms with Crippen molar-refractivity contribution >= 4 is 28.8 Å². The quantitative estimate of drug-likeness (QED) is 0.711. The van der Waals surface area contributed by atoms with Crippen LogP contribution >= 0.6 is 11.6 Å². The Balaban J connectivity index is 2.02. The number of hydrogen-bond acceptors (Lipinski definition) is 3. The number of aromatic nitrogens is 2. The molecule has 2 N–H and O–H groups in total. The number of carbonyl (C=O) groups excluding carboxylic acids is 1. The zero-order valence-corrected chi connectivity index (χ0v) is 12.8. The van der Waals surface area contributed by atoms with E-state index in [2.05, 4.69) is 10.3 Å². The second kappa shape index (κ2) is 5.35. The summed E-state index contributed by atoms with van der Waals surface area (Å²) in [6.45, 7) is 3.59. The Morgan fingerprint density at radius 1 is 1.27 bits per heavy atom. The van der Waals surface area contributed by atoms with Gasteiger partial charge in [-0.15, -0.1) is 0 Å². The number of pyridine rings is 1. The highest BCUT2D eigenvalue weighted by atomic mass is 35.5. The molecular weight excluding hydrogens is 302 g/mol. The smallest absolute Gasteiger partial charge is 0.274 e. The first-order chi connectivity index (χ1) is 10.5. The van der Waals surface area contributed by atoms with E-state index in [9.17, 15) is 9.90 Å². The molecule has 2 aromatic heterocycles. The number of aromatic hydroxyl groups is 1. The Morgan fingerprint density at radius 3 is 2.77 bits per heavy atom. The second-order valence-electron chi connectivity index (χ2n) is 5.07. The molecule has 5 nitrogen and oxygen atoms in total. The Bertz CT molecular complexity index is 886. The lowest BCUT2D eigenvalue weighted by molar-refractivity contribution is 0.102. The molecular formula is C16H14ClN3O2. The van der Waals surface area contributed by atoms with Crippen LogP contribution in [0.25, 0.3) is 5.65 Å². The lowest BCUT2D eigenvalue weighted by Gasteiger charge is -2.09. The number of phenolic OH excluding ortho intramolecular Hbond substituents is 1. The van der Waals surface area contributed by atoms with Gasteiger partial charge in [-0.2, -0.15) is 0 Å². The van der Waals surface area contributed by atoms with Gasteiger partial charge in [0.25, 0.3) is 5.91 Å². The van der Waals surface area contributed by atoms with Crippen molar-refractivity contribution in [2.45, 2.75) is 13.8 Å². The van der Waals surface area contributed by atoms with Crippen molar-refractivity contribution in [3.05, 3.63) is 58.5 Å². The zero-order chi connectivity index (χ0) is 15.9. The summed E-state index contributed by atoms with van der Waals surface area (Å²) >= 11 is 6.00. The van der Waals surface area contributed by atoms with Crippen LogP contribution in [0.15, 0.2) is 36.5 Å². The fourth-order valence-corrected chi connectivity index (χ4v) is 2.54. The summed E-state index contributed by atoms with van der Waals surface area (Å²) < 4.78 is 1.67. The third kappa shape index (κ3) is 2.51. The number of fused-ring (bicyclic) bond motifs is 1. The van der Waals surface area contributed by atoms with Gasteiger partial charge < -0.3 is 10.4 Å². The molecule has 0 saturated carbocycles. The van der Waals surface area contributed by atoms with Crippen LogP contribution in [0.1, 0.15) is 21.7 Å². The number of imidazole rings is 1. The average molecular weight is 316 g/mol. The largest absolute Gasteiger partial charge is 0.508 e. The highest BCUT2D eigenvalue weighted by Gasteiger charge is 2.17. The predicted molar refractivity (Wildman–Crippen MR) is 85.7 cm³/mol. The second-order valence-corrected chi connectivity index (χ2v) is 5.51. The van der Waals surface area contributed by atoms with Crippen molar-refractivity contribution in [1.82, 2.24) is 9.38 Å². The van der Waals surface area contributed by atoms with Gasteiger partial charge in [0.2, 0.25) is 0 Å². The first-order valence-electron chi connectivity index (χ1n) is 6.71. The minimum Gasteiger partial charge on any atom is -0.508 e. The number of nitrogens with one attached hydrogen (secondary N) is 1. The Morgan fingerprint density at radius 2 is 2.05 bits per heavy atom. The first kappa shape index (κ1) is 14.4. The number of halogens is 1. The van der Waals surface area contributed by atoms with Gasteiger partial charge >= 0.3 is 0 Å². The van der Waals surface area contributed by atoms with E-state index in [1.807, 2.05) is 6.92 Å². The van der Waals surface area contributed by atoms with Gasteiger partial charge in [-0.3, -0.25) is 9.20 Å². The van der Waals surface area contributed by atoms with E-state index in [1.54, 1.807) is 41.8 Å². The Labute approximate surface area is 132 Å². The molecule has 112 valence electrons. The van der Waals surface area contributed by atoms with Crippen LogP contribution < -0.4 is 5.32 Å². The maximum Gasteiger partial charge on any atom is 0.274 e. The van der Waals surface area contributed by atoms with Crippen molar-refractivity contribution < 1.29 is 9.90 Å². The van der Waals surface area contributed by atoms with Crippen LogP contribution in [-0.4, -0.2) is 20.4 Å². The minimum atomic E-state index is -0.277. The molecule has 2 heterocycles. The number of amides is 1. The van der Waals surface area contributed by atoms with E-state index in [0.29, 0.717) is 27.7 Å². The molecule has 22 heavy (non-hydrogen) atoms. The number of hydrogen-bond donors (Lipinski definition) is 2. The lowest BCUT2D eigenvalue weighted by Crippen LogP contribution is -2.16. The fourth-order valence-electron chi connectivity index (χ4n) is 2.38. The van der Waals surface area contributed by atoms with E-state index in [-0.39, 0.29) is 11.7 Å². The molecule has 0 radical (unpaired) electrons. The molecule has 3 aromatic rings. The molecule has 0 aliphatic rings. The number of aryl methyl sites for hydroxylation is 2. The highest BCUT2D eigenvalue weighted by molar-refractivity contribution is 6.30. The van der Waals surface area contributed by atoms with Gasteiger partial charge in [-0.25, -0.2) is 4.98 Å². The SMILES string of the molecule is Cc1cc(O)ccc1NC(=O)c1c(C)nc2ccc(Cl)cn12. The van der Waals surface area contributed by atoms with Gasteiger partial charge in [-0.1, -0.05) is 11.6 Å². The highest BCUT2D eigenvalue weighted by Crippen LogP contribution is 2.22. The Hall–Kier alpha value is -2.53. The number of benzene rings is 1. The summed E-state index contributed by atoms with van der Waals surface area (Å²) in [6.07, 6.45) is 1.66. The van der Waals surface area contributed by atoms with E-state index >= 15 is 0 Å². The molecule has 3 rings (SSSR count). The summed E-state index contributed by atoms with van der Waals surface area (Å²) in [4.78, 5) is 16.9. The third-order valence-electron chi connectivity index (χ3n) is 3.43. The maximum absolute atomic E-state index is 12.6. The van der Waals surface area contributed by atoms with E-state index < -0.39 is 0 Å². The number of nitrogens with zero attached hydrogens (tertiary/aromatic N) is 2. The van der Waals surface area contributed by atoms with Crippen LogP contribution in [0, 0.1) is 13.8 Å². The molecule has 0 saturated heterocycles. The number of carbonyl (C=O) groups is 1. The van der Waals surface area contributed by atoms with Crippen molar-refractivity contribution in [2.24, 2.45) is 0 Å². The summed E-state index contributed by atoms with van der Waals surface area (Å²) in [7, 11) is 0. The maximum atomic E-state index is 12.6. The van der Waals surface area contributed by atoms with Crippen molar-refractivity contribution in [2.75, 3.05) is 5.32 Å². The van der Waals surface area contributed by atoms with Crippen LogP contribution in [0.5, 0.6) is 5.75 Å². The fraction of sp³-hybridized carbons (Fsp3) is 0.125. The summed E-state index contributed by atoms with van der Waals surface area (Å²) in [5.41, 5.74) is 3.13. The zero-order valence-electron chi connectivity index (χ0n) is 12.1. The van der Waals surface area contributed by atoms with Gasteiger partial charge in [0.1, 0.15) is 17.1 Å². The molecule has 0 fully saturated rings. The summed E-state index contributed by atoms with van der Waals surface area (Å²) in [5, 5.41) is 12.8. The number of anilines is 1. The van der Waals surface area contributed by atoms with E-state index in [1.165, 1.54) is 6.07 Å². The molecule has 1 amide bonds. The number of rotatable bonds is 2. The molecule has 0 unspecified atom stereocenters. The van der Waals surface area contributed by atoms with E-state index in [4.69, 9.17) is 11.6 Å². The average Bonchev–Trinajstić information content (AvgIpc) is 2.77. The van der Waals surface area contributed by atoms with Crippen LogP contribution in [0.3, 0.4) is 0 Å². The normalized spacial score (nSPS) is 10.9. The third-order valence-corrected chi connectivity index (χ3v) is 3.65. The van der Waals surface area contributed by atoms with Crippen molar-refractivity contribution in [1.29, 1.82) is 0 Å². The molecule has 1 aromatic carbocycles. The van der Waals surface area contributed by atoms with Crippen LogP contribution in [0.2, 0.25) is 5.02 Å². The van der Waals surface area contributed by atoms with Crippen LogP contribution in [0.4, 0.5) is 5.69 Å². The number of phenols is 1. The predicted octanol–water partition coefficient (Wildman–Crippen LogP) is 3.56. The van der Waals surface area contributed by atoms with Crippen molar-refractivity contribution in [3.8, 4) is 5.75 Å². The van der Waals surface area contributed by atoms with Gasteiger partial charge in [0.15, 0.2) is 0 Å². The standard InChI is InChI=1S/C16H14ClN3O2/c1-9-7-12(21)4-5-13(9)19-16(22)15-10(2)18-14-6-3-11(17)8-20(14)15/h3-8,21H,1-2H3,(H,19,22). The topological polar surface area (TPSA) is 66.6 Å². The van der Waals surface area contributed by atoms with Crippen LogP contribution in [-0.2, 0) is 0 Å². The lowest BCUT2D eigenvalue weighted by atomic mass is 10.2. The van der Waals surface area contributed by atoms with Gasteiger partial charge in [0.05, 0.1) is 10.7 Å². The van der Waals surface area contributed by atoms with Gasteiger partial charge in [-0.05, 0) is 49.7 Å². The monoisotopic (exact) mass is 315 g/mol. The Kier molecular flexibility index (Phi) is 3.50. The van der Waals surface area contributed by atoms with E-state index in [0.717, 1.165) is 5.56 Å².